The van der Waals surface area contributed by atoms with Crippen LogP contribution < -0.4 is 9.62 Å². The summed E-state index contributed by atoms with van der Waals surface area (Å²) in [7, 11) is -3.87. The maximum absolute atomic E-state index is 14.1. The van der Waals surface area contributed by atoms with Crippen molar-refractivity contribution in [1.29, 1.82) is 0 Å². The molecule has 0 heterocycles. The monoisotopic (exact) mass is 581 g/mol. The Morgan fingerprint density at radius 2 is 1.45 bits per heavy atom. The van der Waals surface area contributed by atoms with Gasteiger partial charge in [-0.3, -0.25) is 13.9 Å². The van der Waals surface area contributed by atoms with E-state index in [0.29, 0.717) is 6.42 Å². The van der Waals surface area contributed by atoms with Crippen molar-refractivity contribution in [2.75, 3.05) is 17.1 Å². The summed E-state index contributed by atoms with van der Waals surface area (Å²) in [6.07, 6.45) is 6.42. The summed E-state index contributed by atoms with van der Waals surface area (Å²) in [6, 6.07) is 24.7. The average molecular weight is 582 g/mol. The third-order valence-corrected chi connectivity index (χ3v) is 8.66. The van der Waals surface area contributed by atoms with Crippen LogP contribution in [0.15, 0.2) is 84.9 Å². The number of para-hydroxylation sites is 1. The lowest BCUT2D eigenvalue weighted by molar-refractivity contribution is -0.140. The van der Waals surface area contributed by atoms with Gasteiger partial charge in [-0.15, -0.1) is 0 Å². The van der Waals surface area contributed by atoms with Gasteiger partial charge in [-0.2, -0.15) is 0 Å². The second-order valence-electron chi connectivity index (χ2n) is 10.3. The van der Waals surface area contributed by atoms with Gasteiger partial charge in [0.2, 0.25) is 21.8 Å². The molecule has 0 spiro atoms. The molecule has 40 heavy (non-hydrogen) atoms. The first-order valence-corrected chi connectivity index (χ1v) is 15.8. The summed E-state index contributed by atoms with van der Waals surface area (Å²) >= 11 is 6.35. The van der Waals surface area contributed by atoms with Crippen molar-refractivity contribution in [1.82, 2.24) is 10.2 Å². The Balaban J connectivity index is 1.71. The van der Waals surface area contributed by atoms with Crippen LogP contribution in [0.4, 0.5) is 5.69 Å². The van der Waals surface area contributed by atoms with E-state index in [0.717, 1.165) is 53.8 Å². The zero-order chi connectivity index (χ0) is 28.5. The first-order valence-electron chi connectivity index (χ1n) is 13.6. The van der Waals surface area contributed by atoms with Crippen LogP contribution in [0.3, 0.4) is 0 Å². The van der Waals surface area contributed by atoms with Crippen LogP contribution in [0, 0.1) is 0 Å². The Kier molecular flexibility index (Phi) is 10.2. The van der Waals surface area contributed by atoms with E-state index in [1.165, 1.54) is 4.90 Å². The van der Waals surface area contributed by atoms with E-state index in [1.807, 2.05) is 60.7 Å². The first-order chi connectivity index (χ1) is 19.2. The molecular formula is C31H36ClN3O4S. The van der Waals surface area contributed by atoms with E-state index >= 15 is 0 Å². The molecule has 1 atom stereocenters. The predicted molar refractivity (Wildman–Crippen MR) is 160 cm³/mol. The molecular weight excluding hydrogens is 546 g/mol. The number of anilines is 1. The number of benzene rings is 3. The Morgan fingerprint density at radius 1 is 0.875 bits per heavy atom. The number of hydrogen-bond donors (Lipinski definition) is 1. The van der Waals surface area contributed by atoms with Crippen molar-refractivity contribution in [3.8, 4) is 0 Å². The number of carbonyl (C=O) groups is 2. The van der Waals surface area contributed by atoms with E-state index in [4.69, 9.17) is 11.6 Å². The van der Waals surface area contributed by atoms with Crippen LogP contribution in [0.25, 0.3) is 0 Å². The largest absolute Gasteiger partial charge is 0.352 e. The molecule has 7 nitrogen and oxygen atoms in total. The van der Waals surface area contributed by atoms with Crippen LogP contribution in [0.1, 0.15) is 43.2 Å². The minimum Gasteiger partial charge on any atom is -0.352 e. The minimum absolute atomic E-state index is 0.0591. The van der Waals surface area contributed by atoms with Gasteiger partial charge >= 0.3 is 0 Å². The summed E-state index contributed by atoms with van der Waals surface area (Å²) in [5.74, 6) is -0.724. The number of rotatable bonds is 11. The molecule has 1 aliphatic rings. The fourth-order valence-corrected chi connectivity index (χ4v) is 6.28. The summed E-state index contributed by atoms with van der Waals surface area (Å²) in [6.45, 7) is -0.340. The zero-order valence-electron chi connectivity index (χ0n) is 22.7. The van der Waals surface area contributed by atoms with Crippen molar-refractivity contribution >= 4 is 39.1 Å². The quantitative estimate of drug-likeness (QED) is 0.337. The standard InChI is InChI=1S/C31H36ClN3O4S/c1-40(38,39)35(28-20-12-11-19-27(28)32)23-30(36)34(22-25-15-7-3-8-16-25)29(21-24-13-5-2-6-14-24)31(37)33-26-17-9-4-10-18-26/h2-3,5-8,11-16,19-20,26,29H,4,9-10,17-18,21-23H2,1H3,(H,33,37). The van der Waals surface area contributed by atoms with Gasteiger partial charge in [0.15, 0.2) is 0 Å². The molecule has 4 rings (SSSR count). The molecule has 1 unspecified atom stereocenters. The SMILES string of the molecule is CS(=O)(=O)N(CC(=O)N(Cc1ccccc1)C(Cc1ccccc1)C(=O)NC1CCCCC1)c1ccccc1Cl. The smallest absolute Gasteiger partial charge is 0.244 e. The van der Waals surface area contributed by atoms with Crippen molar-refractivity contribution in [3.63, 3.8) is 0 Å². The zero-order valence-corrected chi connectivity index (χ0v) is 24.3. The van der Waals surface area contributed by atoms with Crippen LogP contribution in [0.5, 0.6) is 0 Å². The lowest BCUT2D eigenvalue weighted by Crippen LogP contribution is -2.55. The van der Waals surface area contributed by atoms with E-state index in [-0.39, 0.29) is 29.2 Å². The molecule has 1 N–H and O–H groups in total. The van der Waals surface area contributed by atoms with Gasteiger partial charge < -0.3 is 10.2 Å². The molecule has 0 saturated heterocycles. The molecule has 9 heteroatoms. The number of amides is 2. The Hall–Kier alpha value is -3.36. The van der Waals surface area contributed by atoms with Gasteiger partial charge in [-0.25, -0.2) is 8.42 Å². The summed E-state index contributed by atoms with van der Waals surface area (Å²) in [5, 5.41) is 3.41. The maximum atomic E-state index is 14.1. The molecule has 1 aliphatic carbocycles. The molecule has 0 radical (unpaired) electrons. The first kappa shape index (κ1) is 29.6. The molecule has 1 fully saturated rings. The normalized spacial score (nSPS) is 14.8. The second kappa shape index (κ2) is 13.8. The van der Waals surface area contributed by atoms with Crippen LogP contribution in [-0.4, -0.2) is 50.0 Å². The fraction of sp³-hybridized carbons (Fsp3) is 0.355. The third kappa shape index (κ3) is 8.08. The summed E-state index contributed by atoms with van der Waals surface area (Å²) < 4.78 is 26.8. The topological polar surface area (TPSA) is 86.8 Å². The van der Waals surface area contributed by atoms with E-state index in [2.05, 4.69) is 5.32 Å². The average Bonchev–Trinajstić information content (AvgIpc) is 2.95. The van der Waals surface area contributed by atoms with Gasteiger partial charge in [0.1, 0.15) is 12.6 Å². The molecule has 0 aliphatic heterocycles. The lowest BCUT2D eigenvalue weighted by Gasteiger charge is -2.35. The van der Waals surface area contributed by atoms with E-state index in [1.54, 1.807) is 24.3 Å². The van der Waals surface area contributed by atoms with E-state index in [9.17, 15) is 18.0 Å². The maximum Gasteiger partial charge on any atom is 0.244 e. The van der Waals surface area contributed by atoms with Gasteiger partial charge in [0.05, 0.1) is 17.0 Å². The number of sulfonamides is 1. The van der Waals surface area contributed by atoms with Crippen LogP contribution in [0.2, 0.25) is 5.02 Å². The van der Waals surface area contributed by atoms with Crippen molar-refractivity contribution < 1.29 is 18.0 Å². The Morgan fingerprint density at radius 3 is 2.05 bits per heavy atom. The minimum atomic E-state index is -3.87. The molecule has 2 amide bonds. The van der Waals surface area contributed by atoms with Crippen molar-refractivity contribution in [2.45, 2.75) is 57.2 Å². The molecule has 0 bridgehead atoms. The second-order valence-corrected chi connectivity index (χ2v) is 12.6. The highest BCUT2D eigenvalue weighted by molar-refractivity contribution is 7.92. The fourth-order valence-electron chi connectivity index (χ4n) is 5.13. The molecule has 0 aromatic heterocycles. The van der Waals surface area contributed by atoms with Gasteiger partial charge in [-0.05, 0) is 36.1 Å². The number of nitrogens with one attached hydrogen (secondary N) is 1. The number of carbonyl (C=O) groups excluding carboxylic acids is 2. The van der Waals surface area contributed by atoms with Gasteiger partial charge in [0, 0.05) is 19.0 Å². The van der Waals surface area contributed by atoms with E-state index < -0.39 is 28.5 Å². The van der Waals surface area contributed by atoms with Gasteiger partial charge in [-0.1, -0.05) is 104 Å². The Bertz CT molecular complexity index is 1380. The molecule has 3 aromatic rings. The highest BCUT2D eigenvalue weighted by Crippen LogP contribution is 2.28. The molecule has 1 saturated carbocycles. The van der Waals surface area contributed by atoms with Crippen LogP contribution in [-0.2, 0) is 32.6 Å². The highest BCUT2D eigenvalue weighted by atomic mass is 35.5. The highest BCUT2D eigenvalue weighted by Gasteiger charge is 2.34. The summed E-state index contributed by atoms with van der Waals surface area (Å²) in [4.78, 5) is 29.5. The van der Waals surface area contributed by atoms with Gasteiger partial charge in [0.25, 0.3) is 0 Å². The lowest BCUT2D eigenvalue weighted by atomic mass is 9.94. The summed E-state index contributed by atoms with van der Waals surface area (Å²) in [5.41, 5.74) is 1.96. The number of hydrogen-bond acceptors (Lipinski definition) is 4. The van der Waals surface area contributed by atoms with Crippen molar-refractivity contribution in [3.05, 3.63) is 101 Å². The molecule has 3 aromatic carbocycles. The number of nitrogens with zero attached hydrogens (tertiary/aromatic N) is 2. The predicted octanol–water partition coefficient (Wildman–Crippen LogP) is 5.20. The number of halogens is 1. The van der Waals surface area contributed by atoms with Crippen molar-refractivity contribution in [2.24, 2.45) is 0 Å². The molecule has 212 valence electrons. The van der Waals surface area contributed by atoms with Crippen LogP contribution >= 0.6 is 11.6 Å². The Labute approximate surface area is 242 Å². The third-order valence-electron chi connectivity index (χ3n) is 7.22.